The molecule has 0 atom stereocenters. The Hall–Kier alpha value is -3.03. The standard InChI is InChI=1S/C24H19BrN2O3S/c1-28-21-9-5-4-8-19(21)26-24-27(13-16-10-11-22-23(12-16)30-15-29-22)20(14-31-24)17-6-2-3-7-18(17)25/h2-12,14H,13,15H2,1H3. The van der Waals surface area contributed by atoms with Gasteiger partial charge in [-0.3, -0.25) is 0 Å². The van der Waals surface area contributed by atoms with Crippen LogP contribution in [-0.4, -0.2) is 18.5 Å². The van der Waals surface area contributed by atoms with Gasteiger partial charge in [0.25, 0.3) is 0 Å². The SMILES string of the molecule is COc1ccccc1N=c1scc(-c2ccccc2Br)n1Cc1ccc2c(c1)OCO2. The third-order valence-electron chi connectivity index (χ3n) is 5.03. The molecule has 1 aliphatic rings. The van der Waals surface area contributed by atoms with Crippen LogP contribution >= 0.6 is 27.3 Å². The molecule has 5 nitrogen and oxygen atoms in total. The fourth-order valence-corrected chi connectivity index (χ4v) is 4.90. The predicted molar refractivity (Wildman–Crippen MR) is 125 cm³/mol. The van der Waals surface area contributed by atoms with Gasteiger partial charge in [0.15, 0.2) is 16.3 Å². The van der Waals surface area contributed by atoms with Gasteiger partial charge >= 0.3 is 0 Å². The molecule has 0 fully saturated rings. The largest absolute Gasteiger partial charge is 0.494 e. The molecule has 4 aromatic rings. The van der Waals surface area contributed by atoms with Crippen LogP contribution in [-0.2, 0) is 6.54 Å². The van der Waals surface area contributed by atoms with Gasteiger partial charge in [0.1, 0.15) is 11.4 Å². The smallest absolute Gasteiger partial charge is 0.231 e. The van der Waals surface area contributed by atoms with Gasteiger partial charge < -0.3 is 18.8 Å². The summed E-state index contributed by atoms with van der Waals surface area (Å²) in [5.41, 5.74) is 4.10. The summed E-state index contributed by atoms with van der Waals surface area (Å²) in [7, 11) is 1.66. The van der Waals surface area contributed by atoms with Crippen molar-refractivity contribution in [3.8, 4) is 28.5 Å². The number of methoxy groups -OCH3 is 1. The number of hydrogen-bond acceptors (Lipinski definition) is 5. The normalized spacial score (nSPS) is 12.9. The van der Waals surface area contributed by atoms with Gasteiger partial charge in [0.2, 0.25) is 6.79 Å². The Kier molecular flexibility index (Phi) is 5.53. The number of rotatable bonds is 5. The Labute approximate surface area is 192 Å². The van der Waals surface area contributed by atoms with E-state index in [2.05, 4.69) is 44.1 Å². The molecule has 1 aliphatic heterocycles. The number of para-hydroxylation sites is 2. The molecule has 5 rings (SSSR count). The molecule has 0 amide bonds. The van der Waals surface area contributed by atoms with E-state index in [1.54, 1.807) is 18.4 Å². The van der Waals surface area contributed by atoms with Gasteiger partial charge in [-0.2, -0.15) is 0 Å². The van der Waals surface area contributed by atoms with Crippen LogP contribution in [0.2, 0.25) is 0 Å². The Balaban J connectivity index is 1.65. The summed E-state index contributed by atoms with van der Waals surface area (Å²) in [5, 5.41) is 2.14. The van der Waals surface area contributed by atoms with E-state index in [4.69, 9.17) is 19.2 Å². The third-order valence-corrected chi connectivity index (χ3v) is 6.58. The molecule has 156 valence electrons. The monoisotopic (exact) mass is 494 g/mol. The molecule has 7 heteroatoms. The predicted octanol–water partition coefficient (Wildman–Crippen LogP) is 6.00. The molecule has 0 spiro atoms. The van der Waals surface area contributed by atoms with E-state index < -0.39 is 0 Å². The molecule has 0 saturated heterocycles. The molecule has 3 aromatic carbocycles. The van der Waals surface area contributed by atoms with Crippen molar-refractivity contribution in [1.29, 1.82) is 0 Å². The highest BCUT2D eigenvalue weighted by Gasteiger charge is 2.16. The number of halogens is 1. The second kappa shape index (κ2) is 8.61. The minimum Gasteiger partial charge on any atom is -0.494 e. The number of hydrogen-bond donors (Lipinski definition) is 0. The number of benzene rings is 3. The maximum atomic E-state index is 5.57. The minimum atomic E-state index is 0.265. The Morgan fingerprint density at radius 3 is 2.71 bits per heavy atom. The van der Waals surface area contributed by atoms with Gasteiger partial charge in [-0.05, 0) is 35.9 Å². The van der Waals surface area contributed by atoms with Crippen LogP contribution in [0.1, 0.15) is 5.56 Å². The average molecular weight is 495 g/mol. The lowest BCUT2D eigenvalue weighted by Crippen LogP contribution is -2.17. The fourth-order valence-electron chi connectivity index (χ4n) is 3.50. The van der Waals surface area contributed by atoms with Crippen LogP contribution in [0.5, 0.6) is 17.2 Å². The zero-order valence-corrected chi connectivity index (χ0v) is 19.2. The zero-order chi connectivity index (χ0) is 21.2. The van der Waals surface area contributed by atoms with E-state index >= 15 is 0 Å². The highest BCUT2D eigenvalue weighted by Crippen LogP contribution is 2.34. The van der Waals surface area contributed by atoms with Crippen LogP contribution in [0.4, 0.5) is 5.69 Å². The first-order valence-electron chi connectivity index (χ1n) is 9.72. The van der Waals surface area contributed by atoms with Crippen molar-refractivity contribution in [2.45, 2.75) is 6.54 Å². The number of fused-ring (bicyclic) bond motifs is 1. The number of ether oxygens (including phenoxy) is 3. The molecular weight excluding hydrogens is 476 g/mol. The Bertz CT molecular complexity index is 1310. The molecule has 0 aliphatic carbocycles. The zero-order valence-electron chi connectivity index (χ0n) is 16.7. The molecule has 1 aromatic heterocycles. The molecule has 31 heavy (non-hydrogen) atoms. The molecule has 0 saturated carbocycles. The molecule has 2 heterocycles. The molecule has 0 radical (unpaired) electrons. The van der Waals surface area contributed by atoms with Crippen molar-refractivity contribution < 1.29 is 14.2 Å². The van der Waals surface area contributed by atoms with E-state index in [9.17, 15) is 0 Å². The first-order chi connectivity index (χ1) is 15.2. The van der Waals surface area contributed by atoms with E-state index in [0.717, 1.165) is 49.0 Å². The van der Waals surface area contributed by atoms with Crippen molar-refractivity contribution in [3.05, 3.63) is 86.9 Å². The van der Waals surface area contributed by atoms with Crippen LogP contribution in [0, 0.1) is 0 Å². The number of thiazole rings is 1. The highest BCUT2D eigenvalue weighted by molar-refractivity contribution is 9.10. The Morgan fingerprint density at radius 1 is 1.03 bits per heavy atom. The maximum absolute atomic E-state index is 5.57. The van der Waals surface area contributed by atoms with Gasteiger partial charge in [-0.25, -0.2) is 4.99 Å². The lowest BCUT2D eigenvalue weighted by atomic mass is 10.1. The van der Waals surface area contributed by atoms with E-state index in [0.29, 0.717) is 6.54 Å². The lowest BCUT2D eigenvalue weighted by Gasteiger charge is -2.12. The summed E-state index contributed by atoms with van der Waals surface area (Å²) in [6.45, 7) is 0.908. The van der Waals surface area contributed by atoms with Gasteiger partial charge in [-0.1, -0.05) is 52.3 Å². The molecular formula is C24H19BrN2O3S. The molecule has 0 N–H and O–H groups in total. The van der Waals surface area contributed by atoms with Crippen molar-refractivity contribution in [2.75, 3.05) is 13.9 Å². The van der Waals surface area contributed by atoms with E-state index in [1.165, 1.54) is 0 Å². The van der Waals surface area contributed by atoms with Gasteiger partial charge in [0, 0.05) is 15.4 Å². The van der Waals surface area contributed by atoms with Crippen molar-refractivity contribution in [1.82, 2.24) is 4.57 Å². The minimum absolute atomic E-state index is 0.265. The summed E-state index contributed by atoms with van der Waals surface area (Å²) >= 11 is 5.30. The van der Waals surface area contributed by atoms with Gasteiger partial charge in [-0.15, -0.1) is 11.3 Å². The van der Waals surface area contributed by atoms with Gasteiger partial charge in [0.05, 0.1) is 19.3 Å². The average Bonchev–Trinajstić information content (AvgIpc) is 3.41. The topological polar surface area (TPSA) is 45.0 Å². The van der Waals surface area contributed by atoms with Crippen LogP contribution in [0.15, 0.2) is 81.6 Å². The van der Waals surface area contributed by atoms with E-state index in [-0.39, 0.29) is 6.79 Å². The molecule has 0 bridgehead atoms. The van der Waals surface area contributed by atoms with Crippen LogP contribution in [0.3, 0.4) is 0 Å². The summed E-state index contributed by atoms with van der Waals surface area (Å²) in [6.07, 6.45) is 0. The summed E-state index contributed by atoms with van der Waals surface area (Å²) in [5.74, 6) is 2.30. The first-order valence-corrected chi connectivity index (χ1v) is 11.4. The summed E-state index contributed by atoms with van der Waals surface area (Å²) < 4.78 is 19.8. The molecule has 0 unspecified atom stereocenters. The third kappa shape index (κ3) is 3.98. The quantitative estimate of drug-likeness (QED) is 0.341. The summed E-state index contributed by atoms with van der Waals surface area (Å²) in [4.78, 5) is 5.82. The summed E-state index contributed by atoms with van der Waals surface area (Å²) in [6, 6.07) is 22.1. The number of aromatic nitrogens is 1. The van der Waals surface area contributed by atoms with Crippen molar-refractivity contribution >= 4 is 33.0 Å². The second-order valence-electron chi connectivity index (χ2n) is 6.94. The van der Waals surface area contributed by atoms with Crippen LogP contribution in [0.25, 0.3) is 11.3 Å². The van der Waals surface area contributed by atoms with Crippen LogP contribution < -0.4 is 19.0 Å². The van der Waals surface area contributed by atoms with E-state index in [1.807, 2.05) is 48.5 Å². The fraction of sp³-hybridized carbons (Fsp3) is 0.125. The lowest BCUT2D eigenvalue weighted by molar-refractivity contribution is 0.174. The second-order valence-corrected chi connectivity index (χ2v) is 8.63. The van der Waals surface area contributed by atoms with Crippen molar-refractivity contribution in [2.24, 2.45) is 4.99 Å². The first kappa shape index (κ1) is 19.9. The van der Waals surface area contributed by atoms with Crippen molar-refractivity contribution in [3.63, 3.8) is 0 Å². The Morgan fingerprint density at radius 2 is 1.84 bits per heavy atom. The highest BCUT2D eigenvalue weighted by atomic mass is 79.9. The maximum Gasteiger partial charge on any atom is 0.231 e. The number of nitrogens with zero attached hydrogens (tertiary/aromatic N) is 2.